The van der Waals surface area contributed by atoms with Crippen LogP contribution >= 0.6 is 0 Å². The number of rotatable bonds is 2. The van der Waals surface area contributed by atoms with E-state index >= 15 is 0 Å². The van der Waals surface area contributed by atoms with Gasteiger partial charge in [0.05, 0.1) is 12.3 Å². The molecule has 0 aromatic rings. The third kappa shape index (κ3) is 1.55. The van der Waals surface area contributed by atoms with Crippen LogP contribution in [0.1, 0.15) is 13.8 Å². The van der Waals surface area contributed by atoms with E-state index in [9.17, 15) is 4.79 Å². The molecule has 86 valence electrons. The standard InChI is InChI=1S/C10H19N3O2/c1-10(2)12-4-3-11-7-8(12)9(15)13(10)5-6-14/h8,11,14H,3-7H2,1-2H3. The van der Waals surface area contributed by atoms with Crippen molar-refractivity contribution in [3.8, 4) is 0 Å². The number of piperazine rings is 1. The average Bonchev–Trinajstić information content (AvgIpc) is 2.41. The highest BCUT2D eigenvalue weighted by Crippen LogP contribution is 2.31. The van der Waals surface area contributed by atoms with Gasteiger partial charge in [-0.1, -0.05) is 0 Å². The first-order valence-corrected chi connectivity index (χ1v) is 5.49. The summed E-state index contributed by atoms with van der Waals surface area (Å²) < 4.78 is 0. The van der Waals surface area contributed by atoms with Crippen LogP contribution in [-0.2, 0) is 4.79 Å². The number of carbonyl (C=O) groups excluding carboxylic acids is 1. The van der Waals surface area contributed by atoms with Gasteiger partial charge in [-0.2, -0.15) is 0 Å². The van der Waals surface area contributed by atoms with E-state index in [4.69, 9.17) is 5.11 Å². The zero-order valence-electron chi connectivity index (χ0n) is 9.36. The van der Waals surface area contributed by atoms with Gasteiger partial charge in [-0.05, 0) is 13.8 Å². The first kappa shape index (κ1) is 10.9. The number of carbonyl (C=O) groups is 1. The Balaban J connectivity index is 2.23. The van der Waals surface area contributed by atoms with E-state index < -0.39 is 0 Å². The van der Waals surface area contributed by atoms with Crippen molar-refractivity contribution >= 4 is 5.91 Å². The highest BCUT2D eigenvalue weighted by molar-refractivity contribution is 5.85. The Morgan fingerprint density at radius 3 is 2.93 bits per heavy atom. The molecule has 0 aromatic heterocycles. The summed E-state index contributed by atoms with van der Waals surface area (Å²) in [7, 11) is 0. The SMILES string of the molecule is CC1(C)N(CCO)C(=O)C2CNCCN21. The third-order valence-corrected chi connectivity index (χ3v) is 3.48. The zero-order chi connectivity index (χ0) is 11.1. The van der Waals surface area contributed by atoms with Crippen molar-refractivity contribution in [3.05, 3.63) is 0 Å². The monoisotopic (exact) mass is 213 g/mol. The molecule has 5 nitrogen and oxygen atoms in total. The van der Waals surface area contributed by atoms with Crippen LogP contribution in [0.2, 0.25) is 0 Å². The molecule has 2 rings (SSSR count). The van der Waals surface area contributed by atoms with E-state index in [0.29, 0.717) is 6.54 Å². The van der Waals surface area contributed by atoms with Crippen LogP contribution < -0.4 is 5.32 Å². The van der Waals surface area contributed by atoms with E-state index in [0.717, 1.165) is 19.6 Å². The predicted octanol–water partition coefficient (Wildman–Crippen LogP) is -1.17. The fourth-order valence-corrected chi connectivity index (χ4v) is 2.67. The number of β-amino-alcohol motifs (C(OH)–C–C–N with tert-alkyl or cyclic N) is 1. The second kappa shape index (κ2) is 3.73. The predicted molar refractivity (Wildman–Crippen MR) is 56.2 cm³/mol. The van der Waals surface area contributed by atoms with Crippen molar-refractivity contribution in [2.45, 2.75) is 25.6 Å². The maximum absolute atomic E-state index is 12.1. The van der Waals surface area contributed by atoms with Crippen molar-refractivity contribution in [3.63, 3.8) is 0 Å². The van der Waals surface area contributed by atoms with Crippen LogP contribution in [0.4, 0.5) is 0 Å². The Labute approximate surface area is 90.0 Å². The molecule has 2 aliphatic rings. The molecule has 15 heavy (non-hydrogen) atoms. The number of hydrogen-bond acceptors (Lipinski definition) is 4. The molecule has 2 N–H and O–H groups in total. The number of fused-ring (bicyclic) bond motifs is 1. The Bertz CT molecular complexity index is 267. The van der Waals surface area contributed by atoms with Crippen LogP contribution in [0.15, 0.2) is 0 Å². The molecule has 1 amide bonds. The molecule has 0 radical (unpaired) electrons. The quantitative estimate of drug-likeness (QED) is 0.607. The molecule has 0 aromatic carbocycles. The summed E-state index contributed by atoms with van der Waals surface area (Å²) in [6.07, 6.45) is 0. The van der Waals surface area contributed by atoms with Gasteiger partial charge in [-0.25, -0.2) is 0 Å². The van der Waals surface area contributed by atoms with E-state index in [1.165, 1.54) is 0 Å². The van der Waals surface area contributed by atoms with Crippen LogP contribution in [0.3, 0.4) is 0 Å². The molecule has 5 heteroatoms. The third-order valence-electron chi connectivity index (χ3n) is 3.48. The van der Waals surface area contributed by atoms with E-state index in [1.807, 2.05) is 13.8 Å². The number of aliphatic hydroxyl groups is 1. The topological polar surface area (TPSA) is 55.8 Å². The maximum atomic E-state index is 12.1. The van der Waals surface area contributed by atoms with Crippen LogP contribution in [0.25, 0.3) is 0 Å². The summed E-state index contributed by atoms with van der Waals surface area (Å²) in [5.74, 6) is 0.140. The molecule has 2 fully saturated rings. The molecular formula is C10H19N3O2. The van der Waals surface area contributed by atoms with Gasteiger partial charge >= 0.3 is 0 Å². The van der Waals surface area contributed by atoms with Crippen LogP contribution in [0.5, 0.6) is 0 Å². The second-order valence-corrected chi connectivity index (χ2v) is 4.62. The van der Waals surface area contributed by atoms with Gasteiger partial charge in [-0.3, -0.25) is 9.69 Å². The number of hydrogen-bond donors (Lipinski definition) is 2. The van der Waals surface area contributed by atoms with Gasteiger partial charge in [0.25, 0.3) is 0 Å². The van der Waals surface area contributed by atoms with Gasteiger partial charge in [0, 0.05) is 26.2 Å². The minimum atomic E-state index is -0.257. The van der Waals surface area contributed by atoms with Gasteiger partial charge in [0.1, 0.15) is 6.04 Å². The van der Waals surface area contributed by atoms with Crippen molar-refractivity contribution in [2.24, 2.45) is 0 Å². The Morgan fingerprint density at radius 1 is 1.60 bits per heavy atom. The van der Waals surface area contributed by atoms with Crippen molar-refractivity contribution in [1.82, 2.24) is 15.1 Å². The van der Waals surface area contributed by atoms with Crippen LogP contribution in [-0.4, -0.2) is 65.3 Å². The molecule has 1 unspecified atom stereocenters. The molecule has 2 aliphatic heterocycles. The normalized spacial score (nSPS) is 30.7. The minimum absolute atomic E-state index is 0.0309. The summed E-state index contributed by atoms with van der Waals surface area (Å²) in [5, 5.41) is 12.2. The molecule has 2 heterocycles. The Kier molecular flexibility index (Phi) is 2.70. The molecule has 0 spiro atoms. The minimum Gasteiger partial charge on any atom is -0.395 e. The number of nitrogens with one attached hydrogen (secondary N) is 1. The highest BCUT2D eigenvalue weighted by Gasteiger charge is 2.51. The van der Waals surface area contributed by atoms with Crippen molar-refractivity contribution < 1.29 is 9.90 Å². The van der Waals surface area contributed by atoms with Gasteiger partial charge in [0.2, 0.25) is 5.91 Å². The summed E-state index contributed by atoms with van der Waals surface area (Å²) in [6.45, 7) is 7.11. The van der Waals surface area contributed by atoms with Crippen LogP contribution in [0, 0.1) is 0 Å². The first-order valence-electron chi connectivity index (χ1n) is 5.49. The lowest BCUT2D eigenvalue weighted by atomic mass is 10.1. The van der Waals surface area contributed by atoms with Gasteiger partial charge in [0.15, 0.2) is 0 Å². The average molecular weight is 213 g/mol. The smallest absolute Gasteiger partial charge is 0.242 e. The molecule has 0 bridgehead atoms. The summed E-state index contributed by atoms with van der Waals surface area (Å²) in [5.41, 5.74) is -0.257. The van der Waals surface area contributed by atoms with Gasteiger partial charge < -0.3 is 15.3 Å². The first-order chi connectivity index (χ1) is 7.09. The molecule has 2 saturated heterocycles. The lowest BCUT2D eigenvalue weighted by Crippen LogP contribution is -2.56. The molecule has 1 atom stereocenters. The summed E-state index contributed by atoms with van der Waals surface area (Å²) in [4.78, 5) is 16.1. The summed E-state index contributed by atoms with van der Waals surface area (Å²) >= 11 is 0. The molecular weight excluding hydrogens is 194 g/mol. The lowest BCUT2D eigenvalue weighted by Gasteiger charge is -2.40. The van der Waals surface area contributed by atoms with E-state index in [1.54, 1.807) is 4.90 Å². The summed E-state index contributed by atoms with van der Waals surface area (Å²) in [6, 6.07) is -0.0414. The highest BCUT2D eigenvalue weighted by atomic mass is 16.3. The largest absolute Gasteiger partial charge is 0.395 e. The Hall–Kier alpha value is -0.650. The van der Waals surface area contributed by atoms with Crippen molar-refractivity contribution in [2.75, 3.05) is 32.8 Å². The van der Waals surface area contributed by atoms with Gasteiger partial charge in [-0.15, -0.1) is 0 Å². The number of nitrogens with zero attached hydrogens (tertiary/aromatic N) is 2. The van der Waals surface area contributed by atoms with E-state index in [2.05, 4.69) is 10.2 Å². The molecule has 0 saturated carbocycles. The number of amides is 1. The maximum Gasteiger partial charge on any atom is 0.242 e. The zero-order valence-corrected chi connectivity index (χ0v) is 9.36. The Morgan fingerprint density at radius 2 is 2.33 bits per heavy atom. The molecule has 0 aliphatic carbocycles. The fourth-order valence-electron chi connectivity index (χ4n) is 2.67. The second-order valence-electron chi connectivity index (χ2n) is 4.62. The van der Waals surface area contributed by atoms with Crippen molar-refractivity contribution in [1.29, 1.82) is 0 Å². The lowest BCUT2D eigenvalue weighted by molar-refractivity contribution is -0.132. The number of aliphatic hydroxyl groups excluding tert-OH is 1. The van der Waals surface area contributed by atoms with E-state index in [-0.39, 0.29) is 24.2 Å². The fraction of sp³-hybridized carbons (Fsp3) is 0.900.